The summed E-state index contributed by atoms with van der Waals surface area (Å²) in [5.74, 6) is -1.99. The molecule has 0 aliphatic carbocycles. The molecule has 0 unspecified atom stereocenters. The highest BCUT2D eigenvalue weighted by molar-refractivity contribution is 6.13. The van der Waals surface area contributed by atoms with Crippen molar-refractivity contribution in [2.75, 3.05) is 0 Å². The molecular weight excluding hydrogens is 260 g/mol. The van der Waals surface area contributed by atoms with Gasteiger partial charge in [0.15, 0.2) is 0 Å². The van der Waals surface area contributed by atoms with Gasteiger partial charge in [-0.15, -0.1) is 0 Å². The van der Waals surface area contributed by atoms with Crippen LogP contribution in [0.15, 0.2) is 29.1 Å². The van der Waals surface area contributed by atoms with E-state index in [1.807, 2.05) is 0 Å². The summed E-state index contributed by atoms with van der Waals surface area (Å²) in [6.07, 6.45) is 0. The van der Waals surface area contributed by atoms with Gasteiger partial charge in [-0.1, -0.05) is 18.2 Å². The summed E-state index contributed by atoms with van der Waals surface area (Å²) in [5, 5.41) is 12.2. The molecule has 0 aliphatic rings. The van der Waals surface area contributed by atoms with E-state index in [1.54, 1.807) is 38.1 Å². The van der Waals surface area contributed by atoms with E-state index in [1.165, 1.54) is 0 Å². The predicted octanol–water partition coefficient (Wildman–Crippen LogP) is 1.36. The van der Waals surface area contributed by atoms with Gasteiger partial charge >= 0.3 is 5.97 Å². The van der Waals surface area contributed by atoms with Crippen molar-refractivity contribution in [2.24, 2.45) is 0 Å². The minimum atomic E-state index is -1.43. The van der Waals surface area contributed by atoms with Crippen LogP contribution in [0.2, 0.25) is 0 Å². The van der Waals surface area contributed by atoms with Crippen LogP contribution in [0, 0.1) is 0 Å². The van der Waals surface area contributed by atoms with Crippen LogP contribution >= 0.6 is 0 Å². The fourth-order valence-electron chi connectivity index (χ4n) is 2.02. The van der Waals surface area contributed by atoms with E-state index in [2.05, 4.69) is 10.3 Å². The summed E-state index contributed by atoms with van der Waals surface area (Å²) in [6.45, 7) is 3.52. The van der Waals surface area contributed by atoms with Gasteiger partial charge in [-0.25, -0.2) is 4.79 Å². The number of hydrogen-bond acceptors (Lipinski definition) is 3. The lowest BCUT2D eigenvalue weighted by atomic mass is 10.0. The van der Waals surface area contributed by atoms with E-state index in [0.29, 0.717) is 10.9 Å². The fourth-order valence-corrected chi connectivity index (χ4v) is 2.02. The van der Waals surface area contributed by atoms with Gasteiger partial charge in [0.05, 0.1) is 5.56 Å². The number of para-hydroxylation sites is 1. The first-order valence-corrected chi connectivity index (χ1v) is 6.11. The van der Waals surface area contributed by atoms with Gasteiger partial charge < -0.3 is 15.4 Å². The lowest BCUT2D eigenvalue weighted by Crippen LogP contribution is -2.34. The Labute approximate surface area is 114 Å². The predicted molar refractivity (Wildman–Crippen MR) is 74.1 cm³/mol. The number of aromatic nitrogens is 1. The van der Waals surface area contributed by atoms with E-state index in [4.69, 9.17) is 0 Å². The van der Waals surface area contributed by atoms with E-state index in [0.717, 1.165) is 0 Å². The van der Waals surface area contributed by atoms with Crippen LogP contribution in [0.4, 0.5) is 0 Å². The summed E-state index contributed by atoms with van der Waals surface area (Å²) in [6, 6.07) is 6.44. The average Bonchev–Trinajstić information content (AvgIpc) is 2.35. The number of fused-ring (bicyclic) bond motifs is 1. The van der Waals surface area contributed by atoms with Gasteiger partial charge in [-0.2, -0.15) is 0 Å². The molecule has 1 aromatic heterocycles. The van der Waals surface area contributed by atoms with Gasteiger partial charge in [-0.05, 0) is 19.9 Å². The van der Waals surface area contributed by atoms with Gasteiger partial charge in [0.2, 0.25) is 0 Å². The SMILES string of the molecule is CC(C)NC(=O)c1c(C(=O)O)c(=O)[nH]c2ccccc12. The molecule has 20 heavy (non-hydrogen) atoms. The standard InChI is InChI=1S/C14H14N2O4/c1-7(2)15-12(17)10-8-5-3-4-6-9(8)16-13(18)11(10)14(19)20/h3-7H,1-2H3,(H,15,17)(H,16,18)(H,19,20). The molecular formula is C14H14N2O4. The zero-order valence-corrected chi connectivity index (χ0v) is 11.1. The third-order valence-corrected chi connectivity index (χ3v) is 2.78. The van der Waals surface area contributed by atoms with Crippen LogP contribution in [-0.4, -0.2) is 28.0 Å². The van der Waals surface area contributed by atoms with Crippen molar-refractivity contribution in [2.45, 2.75) is 19.9 Å². The number of aromatic amines is 1. The number of benzene rings is 1. The molecule has 2 rings (SSSR count). The third kappa shape index (κ3) is 2.40. The van der Waals surface area contributed by atoms with Crippen molar-refractivity contribution in [3.8, 4) is 0 Å². The number of hydrogen-bond donors (Lipinski definition) is 3. The number of carboxylic acid groups (broad SMARTS) is 1. The van der Waals surface area contributed by atoms with E-state index in [9.17, 15) is 19.5 Å². The molecule has 6 nitrogen and oxygen atoms in total. The Balaban J connectivity index is 2.82. The zero-order valence-electron chi connectivity index (χ0n) is 11.1. The summed E-state index contributed by atoms with van der Waals surface area (Å²) in [7, 11) is 0. The first-order chi connectivity index (χ1) is 9.41. The topological polar surface area (TPSA) is 99.3 Å². The molecule has 0 atom stereocenters. The maximum absolute atomic E-state index is 12.2. The molecule has 104 valence electrons. The number of aromatic carboxylic acids is 1. The van der Waals surface area contributed by atoms with Crippen molar-refractivity contribution in [1.29, 1.82) is 0 Å². The smallest absolute Gasteiger partial charge is 0.342 e. The lowest BCUT2D eigenvalue weighted by molar-refractivity contribution is 0.0689. The highest BCUT2D eigenvalue weighted by atomic mass is 16.4. The van der Waals surface area contributed by atoms with Crippen LogP contribution < -0.4 is 10.9 Å². The summed E-state index contributed by atoms with van der Waals surface area (Å²) in [5.41, 5.74) is -1.01. The highest BCUT2D eigenvalue weighted by Crippen LogP contribution is 2.18. The minimum Gasteiger partial charge on any atom is -0.477 e. The maximum atomic E-state index is 12.2. The highest BCUT2D eigenvalue weighted by Gasteiger charge is 2.24. The molecule has 0 radical (unpaired) electrons. The Kier molecular flexibility index (Phi) is 3.56. The molecule has 2 aromatic rings. The van der Waals surface area contributed by atoms with Crippen LogP contribution in [-0.2, 0) is 0 Å². The molecule has 1 amide bonds. The van der Waals surface area contributed by atoms with Crippen LogP contribution in [0.3, 0.4) is 0 Å². The number of H-pyrrole nitrogens is 1. The molecule has 1 heterocycles. The number of amides is 1. The molecule has 0 aliphatic heterocycles. The van der Waals surface area contributed by atoms with Crippen molar-refractivity contribution >= 4 is 22.8 Å². The van der Waals surface area contributed by atoms with Gasteiger partial charge in [0.25, 0.3) is 11.5 Å². The van der Waals surface area contributed by atoms with E-state index < -0.39 is 23.0 Å². The molecule has 0 spiro atoms. The molecule has 1 aromatic carbocycles. The normalized spacial score (nSPS) is 10.8. The second-order valence-corrected chi connectivity index (χ2v) is 4.68. The van der Waals surface area contributed by atoms with Gasteiger partial charge in [0.1, 0.15) is 5.56 Å². The Hall–Kier alpha value is -2.63. The van der Waals surface area contributed by atoms with Crippen molar-refractivity contribution < 1.29 is 14.7 Å². The summed E-state index contributed by atoms with van der Waals surface area (Å²) in [4.78, 5) is 37.8. The lowest BCUT2D eigenvalue weighted by Gasteiger charge is -2.12. The molecule has 6 heteroatoms. The Morgan fingerprint density at radius 3 is 2.45 bits per heavy atom. The molecule has 0 saturated carbocycles. The van der Waals surface area contributed by atoms with E-state index in [-0.39, 0.29) is 11.6 Å². The van der Waals surface area contributed by atoms with Crippen molar-refractivity contribution in [1.82, 2.24) is 10.3 Å². The van der Waals surface area contributed by atoms with Gasteiger partial charge in [-0.3, -0.25) is 9.59 Å². The second-order valence-electron chi connectivity index (χ2n) is 4.68. The summed E-state index contributed by atoms with van der Waals surface area (Å²) >= 11 is 0. The van der Waals surface area contributed by atoms with Crippen LogP contribution in [0.5, 0.6) is 0 Å². The minimum absolute atomic E-state index is 0.106. The van der Waals surface area contributed by atoms with Crippen molar-refractivity contribution in [3.05, 3.63) is 45.7 Å². The first kappa shape index (κ1) is 13.8. The maximum Gasteiger partial charge on any atom is 0.342 e. The van der Waals surface area contributed by atoms with Crippen LogP contribution in [0.1, 0.15) is 34.6 Å². The van der Waals surface area contributed by atoms with Crippen LogP contribution in [0.25, 0.3) is 10.9 Å². The van der Waals surface area contributed by atoms with Gasteiger partial charge in [0, 0.05) is 16.9 Å². The molecule has 0 bridgehead atoms. The Bertz CT molecular complexity index is 746. The number of carbonyl (C=O) groups excluding carboxylic acids is 1. The molecule has 0 fully saturated rings. The largest absolute Gasteiger partial charge is 0.477 e. The monoisotopic (exact) mass is 274 g/mol. The zero-order chi connectivity index (χ0) is 14.9. The average molecular weight is 274 g/mol. The second kappa shape index (κ2) is 5.16. The van der Waals surface area contributed by atoms with Crippen molar-refractivity contribution in [3.63, 3.8) is 0 Å². The first-order valence-electron chi connectivity index (χ1n) is 6.11. The summed E-state index contributed by atoms with van der Waals surface area (Å²) < 4.78 is 0. The fraction of sp³-hybridized carbons (Fsp3) is 0.214. The number of nitrogens with one attached hydrogen (secondary N) is 2. The van der Waals surface area contributed by atoms with E-state index >= 15 is 0 Å². The number of pyridine rings is 1. The Morgan fingerprint density at radius 2 is 1.85 bits per heavy atom. The third-order valence-electron chi connectivity index (χ3n) is 2.78. The number of rotatable bonds is 3. The number of carboxylic acids is 1. The molecule has 3 N–H and O–H groups in total. The quantitative estimate of drug-likeness (QED) is 0.787. The Morgan fingerprint density at radius 1 is 1.20 bits per heavy atom. The molecule has 0 saturated heterocycles. The number of carbonyl (C=O) groups is 2.